The Morgan fingerprint density at radius 3 is 2.48 bits per heavy atom. The molecule has 0 bridgehead atoms. The van der Waals surface area contributed by atoms with Crippen molar-refractivity contribution >= 4 is 11.9 Å². The number of nitrogens with two attached hydrogens (primary N) is 1. The fraction of sp³-hybridized carbons (Fsp3) is 0.118. The molecule has 0 unspecified atom stereocenters. The minimum absolute atomic E-state index is 0.0855. The number of benzene rings is 2. The molecule has 0 aliphatic heterocycles. The molecule has 1 aromatic heterocycles. The summed E-state index contributed by atoms with van der Waals surface area (Å²) in [4.78, 5) is 16.5. The van der Waals surface area contributed by atoms with Gasteiger partial charge in [0, 0.05) is 5.56 Å². The zero-order valence-electron chi connectivity index (χ0n) is 12.6. The SMILES string of the molecule is COc1ccc(CC(=O)n2nc(-c3ccccc3)nc2N)cc1. The van der Waals surface area contributed by atoms with Crippen LogP contribution in [0.25, 0.3) is 11.4 Å². The van der Waals surface area contributed by atoms with E-state index in [1.165, 1.54) is 0 Å². The molecule has 0 saturated heterocycles. The third-order valence-electron chi connectivity index (χ3n) is 3.41. The van der Waals surface area contributed by atoms with E-state index in [2.05, 4.69) is 10.1 Å². The number of carbonyl (C=O) groups is 1. The van der Waals surface area contributed by atoms with Crippen LogP contribution in [0.2, 0.25) is 0 Å². The van der Waals surface area contributed by atoms with E-state index in [1.807, 2.05) is 54.6 Å². The van der Waals surface area contributed by atoms with E-state index in [0.29, 0.717) is 5.82 Å². The molecule has 0 aliphatic rings. The van der Waals surface area contributed by atoms with Gasteiger partial charge >= 0.3 is 0 Å². The third kappa shape index (κ3) is 3.21. The highest BCUT2D eigenvalue weighted by Crippen LogP contribution is 2.17. The summed E-state index contributed by atoms with van der Waals surface area (Å²) < 4.78 is 6.24. The van der Waals surface area contributed by atoms with Crippen molar-refractivity contribution in [3.05, 3.63) is 60.2 Å². The number of hydrogen-bond donors (Lipinski definition) is 1. The molecule has 6 heteroatoms. The van der Waals surface area contributed by atoms with Gasteiger partial charge in [-0.1, -0.05) is 42.5 Å². The molecule has 0 radical (unpaired) electrons. The Morgan fingerprint density at radius 1 is 1.13 bits per heavy atom. The lowest BCUT2D eigenvalue weighted by atomic mass is 10.1. The first-order valence-electron chi connectivity index (χ1n) is 7.11. The van der Waals surface area contributed by atoms with Crippen LogP contribution < -0.4 is 10.5 Å². The number of aromatic nitrogens is 3. The Morgan fingerprint density at radius 2 is 1.83 bits per heavy atom. The minimum atomic E-state index is -0.234. The summed E-state index contributed by atoms with van der Waals surface area (Å²) in [7, 11) is 1.60. The number of ether oxygens (including phenoxy) is 1. The summed E-state index contributed by atoms with van der Waals surface area (Å²) in [6, 6.07) is 16.7. The van der Waals surface area contributed by atoms with Gasteiger partial charge in [-0.25, -0.2) is 0 Å². The molecule has 6 nitrogen and oxygen atoms in total. The van der Waals surface area contributed by atoms with Gasteiger partial charge in [0.2, 0.25) is 5.95 Å². The summed E-state index contributed by atoms with van der Waals surface area (Å²) >= 11 is 0. The van der Waals surface area contributed by atoms with Crippen LogP contribution in [-0.4, -0.2) is 27.8 Å². The van der Waals surface area contributed by atoms with Crippen LogP contribution in [0.3, 0.4) is 0 Å². The highest BCUT2D eigenvalue weighted by Gasteiger charge is 2.15. The van der Waals surface area contributed by atoms with Crippen LogP contribution in [0.4, 0.5) is 5.95 Å². The lowest BCUT2D eigenvalue weighted by molar-refractivity contribution is 0.0901. The van der Waals surface area contributed by atoms with Gasteiger partial charge in [0.1, 0.15) is 5.75 Å². The van der Waals surface area contributed by atoms with Crippen molar-refractivity contribution in [1.29, 1.82) is 0 Å². The third-order valence-corrected chi connectivity index (χ3v) is 3.41. The normalized spacial score (nSPS) is 10.5. The maximum absolute atomic E-state index is 12.4. The lowest BCUT2D eigenvalue weighted by Crippen LogP contribution is -2.17. The molecule has 0 atom stereocenters. The zero-order valence-corrected chi connectivity index (χ0v) is 12.6. The van der Waals surface area contributed by atoms with E-state index in [-0.39, 0.29) is 18.3 Å². The molecule has 1 heterocycles. The number of nitrogen functional groups attached to an aromatic ring is 1. The topological polar surface area (TPSA) is 83.0 Å². The van der Waals surface area contributed by atoms with E-state index < -0.39 is 0 Å². The predicted molar refractivity (Wildman–Crippen MR) is 87.2 cm³/mol. The summed E-state index contributed by atoms with van der Waals surface area (Å²) in [6.45, 7) is 0. The summed E-state index contributed by atoms with van der Waals surface area (Å²) in [5.74, 6) is 1.03. The van der Waals surface area contributed by atoms with Gasteiger partial charge in [-0.05, 0) is 17.7 Å². The van der Waals surface area contributed by atoms with Crippen LogP contribution in [0.5, 0.6) is 5.75 Å². The molecule has 2 N–H and O–H groups in total. The molecule has 3 rings (SSSR count). The largest absolute Gasteiger partial charge is 0.497 e. The molecule has 0 amide bonds. The first-order valence-corrected chi connectivity index (χ1v) is 7.11. The van der Waals surface area contributed by atoms with E-state index in [9.17, 15) is 4.79 Å². The number of carbonyl (C=O) groups excluding carboxylic acids is 1. The van der Waals surface area contributed by atoms with Crippen molar-refractivity contribution < 1.29 is 9.53 Å². The average Bonchev–Trinajstić information content (AvgIpc) is 2.98. The van der Waals surface area contributed by atoms with E-state index in [4.69, 9.17) is 10.5 Å². The number of rotatable bonds is 4. The van der Waals surface area contributed by atoms with Crippen molar-refractivity contribution in [3.8, 4) is 17.1 Å². The summed E-state index contributed by atoms with van der Waals surface area (Å²) in [5, 5.41) is 4.22. The van der Waals surface area contributed by atoms with Crippen LogP contribution >= 0.6 is 0 Å². The Bertz CT molecular complexity index is 810. The fourth-order valence-electron chi connectivity index (χ4n) is 2.21. The van der Waals surface area contributed by atoms with Gasteiger partial charge in [-0.3, -0.25) is 4.79 Å². The van der Waals surface area contributed by atoms with Gasteiger partial charge in [0.25, 0.3) is 5.91 Å². The maximum Gasteiger partial charge on any atom is 0.254 e. The van der Waals surface area contributed by atoms with Crippen molar-refractivity contribution in [2.24, 2.45) is 0 Å². The van der Waals surface area contributed by atoms with E-state index in [0.717, 1.165) is 21.6 Å². The summed E-state index contributed by atoms with van der Waals surface area (Å²) in [6.07, 6.45) is 0.186. The fourth-order valence-corrected chi connectivity index (χ4v) is 2.21. The van der Waals surface area contributed by atoms with Crippen molar-refractivity contribution in [2.75, 3.05) is 12.8 Å². The average molecular weight is 308 g/mol. The molecule has 0 fully saturated rings. The van der Waals surface area contributed by atoms with Gasteiger partial charge < -0.3 is 10.5 Å². The standard InChI is InChI=1S/C17H16N4O2/c1-23-14-9-7-12(8-10-14)11-15(22)21-17(18)19-16(20-21)13-5-3-2-4-6-13/h2-10H,11H2,1H3,(H2,18,19,20). The van der Waals surface area contributed by atoms with Gasteiger partial charge in [0.15, 0.2) is 5.82 Å². The minimum Gasteiger partial charge on any atom is -0.497 e. The number of nitrogens with zero attached hydrogens (tertiary/aromatic N) is 3. The molecule has 2 aromatic carbocycles. The number of anilines is 1. The molecule has 0 aliphatic carbocycles. The van der Waals surface area contributed by atoms with Crippen molar-refractivity contribution in [1.82, 2.24) is 14.8 Å². The van der Waals surface area contributed by atoms with Crippen LogP contribution in [0.15, 0.2) is 54.6 Å². The second-order valence-corrected chi connectivity index (χ2v) is 4.99. The molecular weight excluding hydrogens is 292 g/mol. The highest BCUT2D eigenvalue weighted by molar-refractivity contribution is 5.83. The first-order chi connectivity index (χ1) is 11.2. The molecule has 3 aromatic rings. The quantitative estimate of drug-likeness (QED) is 0.800. The van der Waals surface area contributed by atoms with Crippen LogP contribution in [-0.2, 0) is 6.42 Å². The number of hydrogen-bond acceptors (Lipinski definition) is 5. The molecular formula is C17H16N4O2. The Labute approximate surface area is 133 Å². The predicted octanol–water partition coefficient (Wildman–Crippen LogP) is 2.42. The Kier molecular flexibility index (Phi) is 4.05. The highest BCUT2D eigenvalue weighted by atomic mass is 16.5. The van der Waals surface area contributed by atoms with Gasteiger partial charge in [0.05, 0.1) is 13.5 Å². The van der Waals surface area contributed by atoms with Crippen LogP contribution in [0.1, 0.15) is 10.4 Å². The summed E-state index contributed by atoms with van der Waals surface area (Å²) in [5.41, 5.74) is 7.50. The van der Waals surface area contributed by atoms with E-state index in [1.54, 1.807) is 7.11 Å². The Balaban J connectivity index is 1.81. The number of methoxy groups -OCH3 is 1. The first kappa shape index (κ1) is 14.8. The second-order valence-electron chi connectivity index (χ2n) is 4.99. The maximum atomic E-state index is 12.4. The van der Waals surface area contributed by atoms with E-state index >= 15 is 0 Å². The van der Waals surface area contributed by atoms with Crippen molar-refractivity contribution in [2.45, 2.75) is 6.42 Å². The Hall–Kier alpha value is -3.15. The van der Waals surface area contributed by atoms with Gasteiger partial charge in [-0.2, -0.15) is 9.67 Å². The monoisotopic (exact) mass is 308 g/mol. The zero-order chi connectivity index (χ0) is 16.2. The lowest BCUT2D eigenvalue weighted by Gasteiger charge is -2.03. The molecule has 116 valence electrons. The van der Waals surface area contributed by atoms with Gasteiger partial charge in [-0.15, -0.1) is 5.10 Å². The smallest absolute Gasteiger partial charge is 0.254 e. The molecule has 23 heavy (non-hydrogen) atoms. The molecule has 0 spiro atoms. The van der Waals surface area contributed by atoms with Crippen molar-refractivity contribution in [3.63, 3.8) is 0 Å². The van der Waals surface area contributed by atoms with Crippen LogP contribution in [0, 0.1) is 0 Å². The molecule has 0 saturated carbocycles. The second kappa shape index (κ2) is 6.31.